The topological polar surface area (TPSA) is 93.7 Å². The zero-order valence-corrected chi connectivity index (χ0v) is 24.3. The molecule has 0 saturated carbocycles. The van der Waals surface area contributed by atoms with Crippen molar-refractivity contribution in [3.8, 4) is 11.1 Å². The minimum absolute atomic E-state index is 0.113. The molecule has 4 aromatic carbocycles. The van der Waals surface area contributed by atoms with Gasteiger partial charge in [0.1, 0.15) is 18.2 Å². The number of amides is 2. The number of hydrogen-bond donors (Lipinski definition) is 2. The zero-order chi connectivity index (χ0) is 29.9. The number of anilines is 1. The van der Waals surface area contributed by atoms with Crippen LogP contribution >= 0.6 is 11.6 Å². The van der Waals surface area contributed by atoms with E-state index in [-0.39, 0.29) is 23.1 Å². The molecule has 0 bridgehead atoms. The monoisotopic (exact) mass is 582 g/mol. The van der Waals surface area contributed by atoms with Crippen LogP contribution in [-0.4, -0.2) is 30.2 Å². The average molecular weight is 583 g/mol. The number of halogens is 1. The van der Waals surface area contributed by atoms with E-state index in [1.807, 2.05) is 42.5 Å². The second-order valence-electron chi connectivity index (χ2n) is 11.0. The van der Waals surface area contributed by atoms with Crippen molar-refractivity contribution in [3.05, 3.63) is 124 Å². The summed E-state index contributed by atoms with van der Waals surface area (Å²) >= 11 is 6.35. The zero-order valence-electron chi connectivity index (χ0n) is 23.5. The molecule has 8 heteroatoms. The molecule has 214 valence electrons. The lowest BCUT2D eigenvalue weighted by Gasteiger charge is -2.21. The summed E-state index contributed by atoms with van der Waals surface area (Å²) in [6, 6.07) is 28.5. The highest BCUT2D eigenvalue weighted by Crippen LogP contribution is 2.44. The Morgan fingerprint density at radius 1 is 0.833 bits per heavy atom. The maximum Gasteiger partial charge on any atom is 0.408 e. The van der Waals surface area contributed by atoms with Gasteiger partial charge < -0.3 is 20.1 Å². The molecule has 2 amide bonds. The molecular formula is C34H31ClN2O5. The lowest BCUT2D eigenvalue weighted by molar-refractivity contribution is -0.118. The Labute approximate surface area is 249 Å². The van der Waals surface area contributed by atoms with Crippen LogP contribution in [0.2, 0.25) is 5.02 Å². The summed E-state index contributed by atoms with van der Waals surface area (Å²) in [4.78, 5) is 39.0. The van der Waals surface area contributed by atoms with Crippen LogP contribution in [0.5, 0.6) is 0 Å². The van der Waals surface area contributed by atoms with E-state index in [4.69, 9.17) is 21.1 Å². The molecular weight excluding hydrogens is 552 g/mol. The van der Waals surface area contributed by atoms with Gasteiger partial charge in [0.05, 0.1) is 10.6 Å². The molecule has 2 N–H and O–H groups in total. The van der Waals surface area contributed by atoms with E-state index >= 15 is 0 Å². The minimum atomic E-state index is -1.05. The van der Waals surface area contributed by atoms with E-state index in [0.717, 1.165) is 22.3 Å². The molecule has 4 aromatic rings. The number of benzene rings is 4. The van der Waals surface area contributed by atoms with Crippen LogP contribution in [0, 0.1) is 0 Å². The Bertz CT molecular complexity index is 1590. The number of nitrogens with one attached hydrogen (secondary N) is 2. The van der Waals surface area contributed by atoms with Crippen molar-refractivity contribution >= 4 is 35.3 Å². The van der Waals surface area contributed by atoms with Crippen molar-refractivity contribution in [2.24, 2.45) is 0 Å². The van der Waals surface area contributed by atoms with Gasteiger partial charge in [-0.3, -0.25) is 4.79 Å². The molecule has 0 fully saturated rings. The third kappa shape index (κ3) is 6.47. The number of carbonyl (C=O) groups excluding carboxylic acids is 3. The highest BCUT2D eigenvalue weighted by Gasteiger charge is 2.30. The summed E-state index contributed by atoms with van der Waals surface area (Å²) in [6.07, 6.45) is -0.723. The summed E-state index contributed by atoms with van der Waals surface area (Å²) in [5, 5.41) is 5.62. The Morgan fingerprint density at radius 3 is 2.02 bits per heavy atom. The SMILES string of the molecule is CC(C)(C)OC(=O)c1ccc(NC(=O)C(NC(=O)OCC2c3ccccc3-c3ccccc32)c2ccccc2)cc1Cl. The quantitative estimate of drug-likeness (QED) is 0.220. The van der Waals surface area contributed by atoms with Gasteiger partial charge in [-0.1, -0.05) is 90.5 Å². The van der Waals surface area contributed by atoms with Gasteiger partial charge >= 0.3 is 12.1 Å². The van der Waals surface area contributed by atoms with E-state index < -0.39 is 29.6 Å². The summed E-state index contributed by atoms with van der Waals surface area (Å²) in [6.45, 7) is 5.41. The van der Waals surface area contributed by atoms with Crippen LogP contribution in [0.15, 0.2) is 97.1 Å². The van der Waals surface area contributed by atoms with Crippen molar-refractivity contribution in [2.45, 2.75) is 38.3 Å². The van der Waals surface area contributed by atoms with E-state index in [0.29, 0.717) is 11.3 Å². The third-order valence-corrected chi connectivity index (χ3v) is 7.17. The van der Waals surface area contributed by atoms with Crippen molar-refractivity contribution in [2.75, 3.05) is 11.9 Å². The van der Waals surface area contributed by atoms with Gasteiger partial charge in [-0.15, -0.1) is 0 Å². The van der Waals surface area contributed by atoms with E-state index in [2.05, 4.69) is 22.8 Å². The fourth-order valence-corrected chi connectivity index (χ4v) is 5.27. The highest BCUT2D eigenvalue weighted by atomic mass is 35.5. The van der Waals surface area contributed by atoms with Crippen molar-refractivity contribution in [3.63, 3.8) is 0 Å². The first-order chi connectivity index (χ1) is 20.1. The molecule has 1 aliphatic rings. The standard InChI is InChI=1S/C34H31ClN2O5/c1-34(2,3)42-32(39)27-18-17-22(19-29(27)35)36-31(38)30(21-11-5-4-6-12-21)37-33(40)41-20-28-25-15-9-7-13-23(25)24-14-8-10-16-26(24)28/h4-19,28,30H,20H2,1-3H3,(H,36,38)(H,37,40). The number of hydrogen-bond acceptors (Lipinski definition) is 5. The van der Waals surface area contributed by atoms with Gasteiger partial charge in [0.2, 0.25) is 0 Å². The molecule has 0 aliphatic heterocycles. The number of esters is 1. The number of rotatable bonds is 7. The van der Waals surface area contributed by atoms with Gasteiger partial charge in [-0.25, -0.2) is 9.59 Å². The third-order valence-electron chi connectivity index (χ3n) is 6.86. The normalized spacial score (nSPS) is 13.0. The highest BCUT2D eigenvalue weighted by molar-refractivity contribution is 6.34. The van der Waals surface area contributed by atoms with Gasteiger partial charge in [-0.2, -0.15) is 0 Å². The first kappa shape index (κ1) is 28.9. The summed E-state index contributed by atoms with van der Waals surface area (Å²) < 4.78 is 11.1. The largest absolute Gasteiger partial charge is 0.456 e. The fraction of sp³-hybridized carbons (Fsp3) is 0.206. The minimum Gasteiger partial charge on any atom is -0.456 e. The molecule has 1 atom stereocenters. The first-order valence-corrected chi connectivity index (χ1v) is 14.0. The van der Waals surface area contributed by atoms with Crippen molar-refractivity contribution < 1.29 is 23.9 Å². The molecule has 0 spiro atoms. The molecule has 0 saturated heterocycles. The van der Waals surface area contributed by atoms with Gasteiger partial charge in [0.25, 0.3) is 5.91 Å². The van der Waals surface area contributed by atoms with E-state index in [9.17, 15) is 14.4 Å². The Kier molecular flexibility index (Phi) is 8.31. The molecule has 0 heterocycles. The number of fused-ring (bicyclic) bond motifs is 3. The maximum absolute atomic E-state index is 13.4. The summed E-state index contributed by atoms with van der Waals surface area (Å²) in [5.74, 6) is -1.18. The Morgan fingerprint density at radius 2 is 1.43 bits per heavy atom. The molecule has 7 nitrogen and oxygen atoms in total. The molecule has 5 rings (SSSR count). The van der Waals surface area contributed by atoms with E-state index in [1.54, 1.807) is 51.1 Å². The Hall–Kier alpha value is -4.62. The van der Waals surface area contributed by atoms with Crippen molar-refractivity contribution in [1.82, 2.24) is 5.32 Å². The predicted molar refractivity (Wildman–Crippen MR) is 163 cm³/mol. The van der Waals surface area contributed by atoms with Crippen LogP contribution < -0.4 is 10.6 Å². The molecule has 0 radical (unpaired) electrons. The molecule has 1 unspecified atom stereocenters. The fourth-order valence-electron chi connectivity index (χ4n) is 5.01. The van der Waals surface area contributed by atoms with Crippen LogP contribution in [0.25, 0.3) is 11.1 Å². The lowest BCUT2D eigenvalue weighted by atomic mass is 9.98. The molecule has 1 aliphatic carbocycles. The predicted octanol–water partition coefficient (Wildman–Crippen LogP) is 7.51. The Balaban J connectivity index is 1.29. The second kappa shape index (κ2) is 12.1. The number of ether oxygens (including phenoxy) is 2. The van der Waals surface area contributed by atoms with Crippen LogP contribution in [0.4, 0.5) is 10.5 Å². The summed E-state index contributed by atoms with van der Waals surface area (Å²) in [5.41, 5.74) is 4.86. The van der Waals surface area contributed by atoms with Crippen LogP contribution in [0.1, 0.15) is 59.8 Å². The molecule has 0 aromatic heterocycles. The van der Waals surface area contributed by atoms with Gasteiger partial charge in [0, 0.05) is 11.6 Å². The van der Waals surface area contributed by atoms with Gasteiger partial charge in [0.15, 0.2) is 0 Å². The van der Waals surface area contributed by atoms with Crippen LogP contribution in [-0.2, 0) is 14.3 Å². The maximum atomic E-state index is 13.4. The number of carbonyl (C=O) groups is 3. The first-order valence-electron chi connectivity index (χ1n) is 13.6. The number of alkyl carbamates (subject to hydrolysis) is 1. The second-order valence-corrected chi connectivity index (χ2v) is 11.4. The molecule has 42 heavy (non-hydrogen) atoms. The van der Waals surface area contributed by atoms with Gasteiger partial charge in [-0.05, 0) is 66.8 Å². The smallest absolute Gasteiger partial charge is 0.408 e. The average Bonchev–Trinajstić information content (AvgIpc) is 3.28. The summed E-state index contributed by atoms with van der Waals surface area (Å²) in [7, 11) is 0. The van der Waals surface area contributed by atoms with E-state index in [1.165, 1.54) is 12.1 Å². The lowest BCUT2D eigenvalue weighted by Crippen LogP contribution is -2.37. The van der Waals surface area contributed by atoms with Crippen LogP contribution in [0.3, 0.4) is 0 Å². The van der Waals surface area contributed by atoms with Crippen molar-refractivity contribution in [1.29, 1.82) is 0 Å².